The van der Waals surface area contributed by atoms with Gasteiger partial charge in [0.15, 0.2) is 0 Å². The summed E-state index contributed by atoms with van der Waals surface area (Å²) in [6, 6.07) is 3.01. The van der Waals surface area contributed by atoms with Crippen LogP contribution in [0.15, 0.2) is 30.7 Å². The monoisotopic (exact) mass is 313 g/mol. The van der Waals surface area contributed by atoms with Gasteiger partial charge in [-0.15, -0.1) is 0 Å². The molecule has 1 unspecified atom stereocenters. The van der Waals surface area contributed by atoms with Gasteiger partial charge < -0.3 is 14.9 Å². The molecular weight excluding hydrogens is 305 g/mol. The van der Waals surface area contributed by atoms with Crippen LogP contribution < -0.4 is 4.74 Å². The number of hydrogen-bond acceptors (Lipinski definition) is 5. The molecule has 104 valence electrons. The molecule has 8 heteroatoms. The van der Waals surface area contributed by atoms with Gasteiger partial charge in [0.05, 0.1) is 10.0 Å². The molecule has 0 bridgehead atoms. The zero-order valence-electron chi connectivity index (χ0n) is 10.3. The summed E-state index contributed by atoms with van der Waals surface area (Å²) in [4.78, 5) is 17.8. The Morgan fingerprint density at radius 3 is 2.60 bits per heavy atom. The maximum atomic E-state index is 10.9. The molecule has 0 aliphatic heterocycles. The maximum Gasteiger partial charge on any atom is 0.406 e. The summed E-state index contributed by atoms with van der Waals surface area (Å²) in [5.74, 6) is -0.311. The van der Waals surface area contributed by atoms with Gasteiger partial charge in [0, 0.05) is 18.0 Å². The Bertz CT molecular complexity index is 631. The Morgan fingerprint density at radius 1 is 1.35 bits per heavy atom. The summed E-state index contributed by atoms with van der Waals surface area (Å²) in [5, 5.41) is 11.5. The highest BCUT2D eigenvalue weighted by atomic mass is 35.5. The number of rotatable bonds is 4. The lowest BCUT2D eigenvalue weighted by Crippen LogP contribution is -2.07. The fraction of sp³-hybridized carbons (Fsp3) is 0.167. The number of pyridine rings is 2. The molecule has 0 spiro atoms. The van der Waals surface area contributed by atoms with Crippen LogP contribution in [-0.4, -0.2) is 14.9 Å². The van der Waals surface area contributed by atoms with Crippen LogP contribution in [0.2, 0.25) is 10.0 Å². The van der Waals surface area contributed by atoms with Gasteiger partial charge in [-0.2, -0.15) is 0 Å². The third-order valence-electron chi connectivity index (χ3n) is 2.52. The topological polar surface area (TPSA) is 78.2 Å². The van der Waals surface area contributed by atoms with E-state index < -0.39 is 11.0 Å². The highest BCUT2D eigenvalue weighted by Crippen LogP contribution is 2.34. The normalized spacial score (nSPS) is 11.9. The molecule has 0 aromatic carbocycles. The van der Waals surface area contributed by atoms with E-state index in [9.17, 15) is 10.1 Å². The lowest BCUT2D eigenvalue weighted by Gasteiger charge is -2.16. The van der Waals surface area contributed by atoms with Crippen LogP contribution in [0.1, 0.15) is 18.6 Å². The second-order valence-corrected chi connectivity index (χ2v) is 4.67. The molecule has 6 nitrogen and oxygen atoms in total. The SMILES string of the molecule is CC(Oc1cccnc1[N+](=O)[O-])c1c(Cl)cncc1Cl. The number of nitrogens with zero attached hydrogens (tertiary/aromatic N) is 3. The number of ether oxygens (including phenoxy) is 1. The molecule has 2 rings (SSSR count). The Balaban J connectivity index is 2.33. The standard InChI is InChI=1S/C12H9Cl2N3O3/c1-7(11-8(13)5-15-6-9(11)14)20-10-3-2-4-16-12(10)17(18)19/h2-7H,1H3. The van der Waals surface area contributed by atoms with E-state index in [1.165, 1.54) is 24.7 Å². The number of nitro groups is 1. The lowest BCUT2D eigenvalue weighted by molar-refractivity contribution is -0.390. The predicted molar refractivity (Wildman–Crippen MR) is 74.2 cm³/mol. The fourth-order valence-electron chi connectivity index (χ4n) is 1.67. The van der Waals surface area contributed by atoms with Crippen molar-refractivity contribution in [3.05, 3.63) is 56.4 Å². The van der Waals surface area contributed by atoms with Gasteiger partial charge in [0.25, 0.3) is 0 Å². The Labute approximate surface area is 124 Å². The van der Waals surface area contributed by atoms with Crippen LogP contribution in [0.25, 0.3) is 0 Å². The Hall–Kier alpha value is -1.92. The summed E-state index contributed by atoms with van der Waals surface area (Å²) in [7, 11) is 0. The van der Waals surface area contributed by atoms with Gasteiger partial charge in [-0.3, -0.25) is 4.98 Å². The van der Waals surface area contributed by atoms with Crippen LogP contribution >= 0.6 is 23.2 Å². The smallest absolute Gasteiger partial charge is 0.406 e. The summed E-state index contributed by atoms with van der Waals surface area (Å²) in [6.45, 7) is 1.68. The van der Waals surface area contributed by atoms with Crippen molar-refractivity contribution in [1.82, 2.24) is 9.97 Å². The predicted octanol–water partition coefficient (Wildman–Crippen LogP) is 3.83. The zero-order valence-corrected chi connectivity index (χ0v) is 11.8. The molecule has 2 heterocycles. The Kier molecular flexibility index (Phi) is 4.36. The molecule has 0 radical (unpaired) electrons. The van der Waals surface area contributed by atoms with Crippen molar-refractivity contribution in [1.29, 1.82) is 0 Å². The van der Waals surface area contributed by atoms with Crippen LogP contribution in [0, 0.1) is 10.1 Å². The van der Waals surface area contributed by atoms with Crippen LogP contribution in [-0.2, 0) is 0 Å². The minimum absolute atomic E-state index is 0.0499. The minimum Gasteiger partial charge on any atom is -0.478 e. The molecule has 0 N–H and O–H groups in total. The van der Waals surface area contributed by atoms with Gasteiger partial charge in [-0.1, -0.05) is 23.2 Å². The number of hydrogen-bond donors (Lipinski definition) is 0. The van der Waals surface area contributed by atoms with Gasteiger partial charge in [-0.25, -0.2) is 0 Å². The van der Waals surface area contributed by atoms with E-state index in [-0.39, 0.29) is 11.6 Å². The minimum atomic E-state index is -0.613. The quantitative estimate of drug-likeness (QED) is 0.633. The van der Waals surface area contributed by atoms with Crippen LogP contribution in [0.3, 0.4) is 0 Å². The van der Waals surface area contributed by atoms with Gasteiger partial charge in [0.1, 0.15) is 12.3 Å². The van der Waals surface area contributed by atoms with Gasteiger partial charge >= 0.3 is 5.82 Å². The van der Waals surface area contributed by atoms with Crippen molar-refractivity contribution in [2.45, 2.75) is 13.0 Å². The molecule has 0 saturated carbocycles. The first kappa shape index (κ1) is 14.5. The third kappa shape index (κ3) is 2.97. The van der Waals surface area contributed by atoms with E-state index in [4.69, 9.17) is 27.9 Å². The average molecular weight is 314 g/mol. The molecule has 0 aliphatic carbocycles. The van der Waals surface area contributed by atoms with Crippen molar-refractivity contribution >= 4 is 29.0 Å². The molecule has 2 aromatic rings. The number of halogens is 2. The molecule has 20 heavy (non-hydrogen) atoms. The molecule has 2 aromatic heterocycles. The van der Waals surface area contributed by atoms with Crippen molar-refractivity contribution in [2.75, 3.05) is 0 Å². The summed E-state index contributed by atoms with van der Waals surface area (Å²) in [6.07, 6.45) is 3.60. The van der Waals surface area contributed by atoms with E-state index in [1.54, 1.807) is 13.0 Å². The third-order valence-corrected chi connectivity index (χ3v) is 3.13. The average Bonchev–Trinajstić information content (AvgIpc) is 2.38. The molecule has 0 amide bonds. The summed E-state index contributed by atoms with van der Waals surface area (Å²) < 4.78 is 5.55. The van der Waals surface area contributed by atoms with Crippen LogP contribution in [0.5, 0.6) is 5.75 Å². The first-order chi connectivity index (χ1) is 9.50. The largest absolute Gasteiger partial charge is 0.478 e. The van der Waals surface area contributed by atoms with Crippen molar-refractivity contribution in [3.63, 3.8) is 0 Å². The highest BCUT2D eigenvalue weighted by molar-refractivity contribution is 6.35. The van der Waals surface area contributed by atoms with E-state index in [2.05, 4.69) is 9.97 Å². The Morgan fingerprint density at radius 2 is 2.00 bits per heavy atom. The van der Waals surface area contributed by atoms with Crippen molar-refractivity contribution in [3.8, 4) is 5.75 Å². The molecule has 0 saturated heterocycles. The molecule has 0 fully saturated rings. The zero-order chi connectivity index (χ0) is 14.7. The van der Waals surface area contributed by atoms with E-state index in [0.717, 1.165) is 0 Å². The fourth-order valence-corrected chi connectivity index (χ4v) is 2.34. The molecular formula is C12H9Cl2N3O3. The van der Waals surface area contributed by atoms with E-state index in [0.29, 0.717) is 15.6 Å². The first-order valence-corrected chi connectivity index (χ1v) is 6.31. The summed E-state index contributed by atoms with van der Waals surface area (Å²) >= 11 is 12.0. The maximum absolute atomic E-state index is 10.9. The lowest BCUT2D eigenvalue weighted by atomic mass is 10.1. The summed E-state index contributed by atoms with van der Waals surface area (Å²) in [5.41, 5.74) is 0.515. The van der Waals surface area contributed by atoms with E-state index >= 15 is 0 Å². The molecule has 0 aliphatic rings. The van der Waals surface area contributed by atoms with E-state index in [1.807, 2.05) is 0 Å². The highest BCUT2D eigenvalue weighted by Gasteiger charge is 2.21. The van der Waals surface area contributed by atoms with Crippen molar-refractivity contribution in [2.24, 2.45) is 0 Å². The first-order valence-electron chi connectivity index (χ1n) is 5.55. The van der Waals surface area contributed by atoms with Crippen molar-refractivity contribution < 1.29 is 9.66 Å². The second kappa shape index (κ2) is 6.02. The second-order valence-electron chi connectivity index (χ2n) is 3.86. The molecule has 1 atom stereocenters. The van der Waals surface area contributed by atoms with Gasteiger partial charge in [-0.05, 0) is 29.0 Å². The number of aromatic nitrogens is 2. The van der Waals surface area contributed by atoms with Gasteiger partial charge in [0.2, 0.25) is 5.75 Å². The van der Waals surface area contributed by atoms with Crippen LogP contribution in [0.4, 0.5) is 5.82 Å².